The predicted octanol–water partition coefficient (Wildman–Crippen LogP) is 4.48. The topological polar surface area (TPSA) is 76.1 Å². The normalized spacial score (nSPS) is 18.7. The lowest BCUT2D eigenvalue weighted by Gasteiger charge is -2.22. The van der Waals surface area contributed by atoms with E-state index in [1.165, 1.54) is 11.0 Å². The number of aliphatic hydroxyl groups is 1. The number of benzene rings is 3. The summed E-state index contributed by atoms with van der Waals surface area (Å²) < 4.78 is 10.6. The fourth-order valence-corrected chi connectivity index (χ4v) is 4.31. The van der Waals surface area contributed by atoms with E-state index in [0.717, 1.165) is 11.1 Å². The summed E-state index contributed by atoms with van der Waals surface area (Å²) in [6.07, 6.45) is 2.58. The molecule has 33 heavy (non-hydrogen) atoms. The number of halogens is 1. The Kier molecular flexibility index (Phi) is 5.40. The second kappa shape index (κ2) is 8.39. The van der Waals surface area contributed by atoms with E-state index in [0.29, 0.717) is 27.8 Å². The average Bonchev–Trinajstić information content (AvgIpc) is 3.36. The van der Waals surface area contributed by atoms with Gasteiger partial charge in [-0.3, -0.25) is 9.59 Å². The Balaban J connectivity index is 1.40. The summed E-state index contributed by atoms with van der Waals surface area (Å²) in [6, 6.07) is 19.7. The van der Waals surface area contributed by atoms with Crippen LogP contribution in [0.2, 0.25) is 5.02 Å². The Bertz CT molecular complexity index is 1270. The van der Waals surface area contributed by atoms with Crippen molar-refractivity contribution in [2.45, 2.75) is 18.6 Å². The molecule has 166 valence electrons. The van der Waals surface area contributed by atoms with Crippen LogP contribution in [0, 0.1) is 0 Å². The minimum Gasteiger partial charge on any atom is -0.454 e. The van der Waals surface area contributed by atoms with Gasteiger partial charge in [-0.25, -0.2) is 0 Å². The van der Waals surface area contributed by atoms with Crippen LogP contribution < -0.4 is 14.4 Å². The number of anilines is 1. The van der Waals surface area contributed by atoms with Crippen molar-refractivity contribution in [3.63, 3.8) is 0 Å². The number of amides is 1. The van der Waals surface area contributed by atoms with E-state index in [4.69, 9.17) is 21.1 Å². The van der Waals surface area contributed by atoms with Gasteiger partial charge in [-0.15, -0.1) is 0 Å². The van der Waals surface area contributed by atoms with Crippen LogP contribution in [0.15, 0.2) is 72.8 Å². The maximum atomic E-state index is 13.4. The molecule has 0 fully saturated rings. The van der Waals surface area contributed by atoms with Crippen LogP contribution in [0.25, 0.3) is 6.08 Å². The number of ether oxygens (including phenoxy) is 2. The van der Waals surface area contributed by atoms with Crippen molar-refractivity contribution < 1.29 is 24.2 Å². The Hall–Kier alpha value is -3.61. The van der Waals surface area contributed by atoms with Gasteiger partial charge in [0, 0.05) is 10.6 Å². The second-order valence-electron chi connectivity index (χ2n) is 7.99. The van der Waals surface area contributed by atoms with E-state index < -0.39 is 23.7 Å². The fraction of sp³-hybridized carbons (Fsp3) is 0.154. The van der Waals surface area contributed by atoms with Gasteiger partial charge < -0.3 is 19.5 Å². The summed E-state index contributed by atoms with van der Waals surface area (Å²) in [4.78, 5) is 27.7. The summed E-state index contributed by atoms with van der Waals surface area (Å²) in [5.41, 5.74) is 0.534. The number of ketones is 1. The molecule has 2 aliphatic heterocycles. The minimum absolute atomic E-state index is 0.165. The van der Waals surface area contributed by atoms with Gasteiger partial charge >= 0.3 is 0 Å². The van der Waals surface area contributed by atoms with Gasteiger partial charge in [-0.05, 0) is 47.5 Å². The minimum atomic E-state index is -1.99. The summed E-state index contributed by atoms with van der Waals surface area (Å²) in [5, 5.41) is 11.8. The van der Waals surface area contributed by atoms with Gasteiger partial charge in [0.15, 0.2) is 22.9 Å². The third-order valence-corrected chi connectivity index (χ3v) is 6.00. The van der Waals surface area contributed by atoms with Crippen molar-refractivity contribution in [2.75, 3.05) is 11.7 Å². The summed E-state index contributed by atoms with van der Waals surface area (Å²) >= 11 is 6.17. The summed E-state index contributed by atoms with van der Waals surface area (Å²) in [7, 11) is 0. The number of allylic oxidation sites excluding steroid dienone is 1. The Morgan fingerprint density at radius 3 is 2.67 bits per heavy atom. The number of nitrogens with zero attached hydrogens (tertiary/aromatic N) is 1. The number of hydrogen-bond acceptors (Lipinski definition) is 5. The SMILES string of the molecule is O=C(/C=C/c1ccc2c(c1)OCO2)C[C@@]1(O)C(=O)N(Cc2ccccc2)c2ccc(Cl)cc21. The molecule has 5 rings (SSSR count). The van der Waals surface area contributed by atoms with E-state index in [-0.39, 0.29) is 13.3 Å². The number of carbonyl (C=O) groups excluding carboxylic acids is 2. The number of carbonyl (C=O) groups is 2. The molecule has 6 nitrogen and oxygen atoms in total. The van der Waals surface area contributed by atoms with Crippen molar-refractivity contribution >= 4 is 35.1 Å². The molecule has 0 unspecified atom stereocenters. The summed E-state index contributed by atoms with van der Waals surface area (Å²) in [6.45, 7) is 0.440. The van der Waals surface area contributed by atoms with Crippen molar-refractivity contribution in [1.29, 1.82) is 0 Å². The molecule has 0 spiro atoms. The molecule has 1 atom stereocenters. The second-order valence-corrected chi connectivity index (χ2v) is 8.42. The van der Waals surface area contributed by atoms with Crippen molar-refractivity contribution in [1.82, 2.24) is 0 Å². The molecule has 3 aromatic rings. The first-order valence-electron chi connectivity index (χ1n) is 10.4. The molecule has 1 amide bonds. The smallest absolute Gasteiger partial charge is 0.264 e. The van der Waals surface area contributed by atoms with E-state index in [2.05, 4.69) is 0 Å². The monoisotopic (exact) mass is 461 g/mol. The third-order valence-electron chi connectivity index (χ3n) is 5.77. The number of rotatable bonds is 6. The van der Waals surface area contributed by atoms with Gasteiger partial charge in [-0.1, -0.05) is 54.1 Å². The van der Waals surface area contributed by atoms with E-state index in [9.17, 15) is 14.7 Å². The number of fused-ring (bicyclic) bond motifs is 2. The van der Waals surface area contributed by atoms with Crippen LogP contribution >= 0.6 is 11.6 Å². The molecule has 0 aromatic heterocycles. The van der Waals surface area contributed by atoms with Crippen molar-refractivity contribution in [2.24, 2.45) is 0 Å². The average molecular weight is 462 g/mol. The molecule has 2 aliphatic rings. The standard InChI is InChI=1S/C26H20ClNO5/c27-19-8-10-22-21(13-19)26(31,25(30)28(22)15-18-4-2-1-3-5-18)14-20(29)9-6-17-7-11-23-24(12-17)33-16-32-23/h1-13,31H,14-16H2/b9-6+/t26-/m0/s1. The molecule has 0 saturated heterocycles. The van der Waals surface area contributed by atoms with Gasteiger partial charge in [0.25, 0.3) is 5.91 Å². The maximum absolute atomic E-state index is 13.4. The van der Waals surface area contributed by atoms with Crippen molar-refractivity contribution in [3.8, 4) is 11.5 Å². The highest BCUT2D eigenvalue weighted by atomic mass is 35.5. The molecule has 0 aliphatic carbocycles. The zero-order chi connectivity index (χ0) is 23.0. The lowest BCUT2D eigenvalue weighted by Crippen LogP contribution is -2.41. The van der Waals surface area contributed by atoms with Crippen LogP contribution in [-0.2, 0) is 21.7 Å². The molecule has 3 aromatic carbocycles. The molecule has 0 radical (unpaired) electrons. The van der Waals surface area contributed by atoms with E-state index >= 15 is 0 Å². The van der Waals surface area contributed by atoms with Crippen molar-refractivity contribution in [3.05, 3.63) is 94.5 Å². The predicted molar refractivity (Wildman–Crippen MR) is 124 cm³/mol. The molecule has 1 N–H and O–H groups in total. The Morgan fingerprint density at radius 2 is 1.85 bits per heavy atom. The van der Waals surface area contributed by atoms with Gasteiger partial charge in [0.05, 0.1) is 18.7 Å². The largest absolute Gasteiger partial charge is 0.454 e. The van der Waals surface area contributed by atoms with E-state index in [1.807, 2.05) is 30.3 Å². The highest BCUT2D eigenvalue weighted by Crippen LogP contribution is 2.44. The first-order chi connectivity index (χ1) is 15.9. The first-order valence-corrected chi connectivity index (χ1v) is 10.8. The third kappa shape index (κ3) is 3.99. The highest BCUT2D eigenvalue weighted by Gasteiger charge is 2.50. The first kappa shape index (κ1) is 21.2. The van der Waals surface area contributed by atoms with Crippen LogP contribution in [-0.4, -0.2) is 23.6 Å². The van der Waals surface area contributed by atoms with Gasteiger partial charge in [0.1, 0.15) is 0 Å². The van der Waals surface area contributed by atoms with Gasteiger partial charge in [-0.2, -0.15) is 0 Å². The molecular weight excluding hydrogens is 442 g/mol. The summed E-state index contributed by atoms with van der Waals surface area (Å²) in [5.74, 6) is 0.315. The van der Waals surface area contributed by atoms with Crippen LogP contribution in [0.4, 0.5) is 5.69 Å². The zero-order valence-electron chi connectivity index (χ0n) is 17.5. The molecule has 2 heterocycles. The molecule has 0 saturated carbocycles. The fourth-order valence-electron chi connectivity index (χ4n) is 4.13. The van der Waals surface area contributed by atoms with Gasteiger partial charge in [0.2, 0.25) is 6.79 Å². The molecular formula is C26H20ClNO5. The van der Waals surface area contributed by atoms with Crippen LogP contribution in [0.5, 0.6) is 11.5 Å². The van der Waals surface area contributed by atoms with Crippen LogP contribution in [0.1, 0.15) is 23.1 Å². The lowest BCUT2D eigenvalue weighted by molar-refractivity contribution is -0.140. The van der Waals surface area contributed by atoms with Crippen LogP contribution in [0.3, 0.4) is 0 Å². The Labute approximate surface area is 195 Å². The number of hydrogen-bond donors (Lipinski definition) is 1. The van der Waals surface area contributed by atoms with E-state index in [1.54, 1.807) is 42.5 Å². The molecule has 0 bridgehead atoms. The Morgan fingerprint density at radius 1 is 1.06 bits per heavy atom. The molecule has 7 heteroatoms. The highest BCUT2D eigenvalue weighted by molar-refractivity contribution is 6.31. The maximum Gasteiger partial charge on any atom is 0.264 e. The lowest BCUT2D eigenvalue weighted by atomic mass is 9.89. The zero-order valence-corrected chi connectivity index (χ0v) is 18.3. The quantitative estimate of drug-likeness (QED) is 0.548.